The number of carboxylic acid groups (broad SMARTS) is 1. The Morgan fingerprint density at radius 2 is 1.55 bits per heavy atom. The molecule has 3 aromatic carbocycles. The zero-order chi connectivity index (χ0) is 27.5. The highest BCUT2D eigenvalue weighted by Gasteiger charge is 2.38. The second kappa shape index (κ2) is 13.7. The van der Waals surface area contributed by atoms with Crippen molar-refractivity contribution in [3.05, 3.63) is 100 Å². The topological polar surface area (TPSA) is 95.7 Å². The van der Waals surface area contributed by atoms with E-state index in [0.29, 0.717) is 12.5 Å². The summed E-state index contributed by atoms with van der Waals surface area (Å²) in [5.74, 6) is -2.09. The second-order valence-electron chi connectivity index (χ2n) is 9.14. The quantitative estimate of drug-likeness (QED) is 0.279. The maximum atomic E-state index is 10.9. The van der Waals surface area contributed by atoms with Crippen LogP contribution in [0.2, 0.25) is 0 Å². The highest BCUT2D eigenvalue weighted by Crippen LogP contribution is 2.22. The molecule has 1 heterocycles. The molecule has 3 aromatic rings. The van der Waals surface area contributed by atoms with Gasteiger partial charge in [-0.1, -0.05) is 66.7 Å². The Morgan fingerprint density at radius 3 is 2.13 bits per heavy atom. The van der Waals surface area contributed by atoms with Crippen molar-refractivity contribution in [2.75, 3.05) is 19.6 Å². The number of nitro groups is 1. The number of hydrogen-bond donors (Lipinski definition) is 2. The minimum atomic E-state index is -5.08. The molecule has 10 heteroatoms. The number of nitrogens with zero attached hydrogens (tertiary/aromatic N) is 2. The Morgan fingerprint density at radius 1 is 0.947 bits per heavy atom. The average molecular weight is 530 g/mol. The Bertz CT molecular complexity index is 1180. The number of carboxylic acids is 1. The SMILES string of the molecule is O=C(O)C(F)(F)F.O=[N+]([O-])c1cccc(CNCC2CCN(Cc3ccc(-c4ccccc4)cc3)CC2)c1. The molecule has 1 fully saturated rings. The van der Waals surface area contributed by atoms with Crippen LogP contribution in [0.1, 0.15) is 24.0 Å². The van der Waals surface area contributed by atoms with Gasteiger partial charge in [-0.2, -0.15) is 13.2 Å². The van der Waals surface area contributed by atoms with Gasteiger partial charge in [0.2, 0.25) is 0 Å². The standard InChI is InChI=1S/C26H29N3O2.C2HF3O2/c30-29(31)26-8-4-5-23(17-26)19-27-18-21-13-15-28(16-14-21)20-22-9-11-25(12-10-22)24-6-2-1-3-7-24;3-2(4,5)1(6)7/h1-12,17,21,27H,13-16,18-20H2;(H,6,7). The lowest BCUT2D eigenvalue weighted by Crippen LogP contribution is -2.36. The number of piperidine rings is 1. The lowest BCUT2D eigenvalue weighted by atomic mass is 9.96. The van der Waals surface area contributed by atoms with Gasteiger partial charge < -0.3 is 10.4 Å². The van der Waals surface area contributed by atoms with Crippen LogP contribution < -0.4 is 5.32 Å². The van der Waals surface area contributed by atoms with Crippen LogP contribution in [0.3, 0.4) is 0 Å². The summed E-state index contributed by atoms with van der Waals surface area (Å²) in [5.41, 5.74) is 5.00. The van der Waals surface area contributed by atoms with E-state index in [1.807, 2.05) is 12.1 Å². The molecule has 0 radical (unpaired) electrons. The molecule has 2 N–H and O–H groups in total. The molecule has 0 unspecified atom stereocenters. The minimum absolute atomic E-state index is 0.157. The number of hydrogen-bond acceptors (Lipinski definition) is 5. The lowest BCUT2D eigenvalue weighted by Gasteiger charge is -2.32. The molecule has 0 amide bonds. The molecule has 1 saturated heterocycles. The molecule has 0 atom stereocenters. The first kappa shape index (κ1) is 28.8. The van der Waals surface area contributed by atoms with Gasteiger partial charge in [0, 0.05) is 25.2 Å². The summed E-state index contributed by atoms with van der Waals surface area (Å²) in [6, 6.07) is 26.3. The molecule has 0 aliphatic carbocycles. The molecular weight excluding hydrogens is 499 g/mol. The first-order valence-corrected chi connectivity index (χ1v) is 12.2. The van der Waals surface area contributed by atoms with E-state index in [-0.39, 0.29) is 10.6 Å². The highest BCUT2D eigenvalue weighted by molar-refractivity contribution is 5.73. The largest absolute Gasteiger partial charge is 0.490 e. The van der Waals surface area contributed by atoms with Crippen LogP contribution in [0.4, 0.5) is 18.9 Å². The van der Waals surface area contributed by atoms with Gasteiger partial charge in [0.05, 0.1) is 4.92 Å². The van der Waals surface area contributed by atoms with Crippen LogP contribution in [0.25, 0.3) is 11.1 Å². The number of carbonyl (C=O) groups is 1. The lowest BCUT2D eigenvalue weighted by molar-refractivity contribution is -0.384. The summed E-state index contributed by atoms with van der Waals surface area (Å²) in [6.07, 6.45) is -2.71. The first-order chi connectivity index (χ1) is 18.1. The number of nitro benzene ring substituents is 1. The second-order valence-corrected chi connectivity index (χ2v) is 9.14. The van der Waals surface area contributed by atoms with Crippen molar-refractivity contribution in [2.24, 2.45) is 5.92 Å². The predicted molar refractivity (Wildman–Crippen MR) is 138 cm³/mol. The van der Waals surface area contributed by atoms with Crippen molar-refractivity contribution in [1.82, 2.24) is 10.2 Å². The number of halogens is 3. The van der Waals surface area contributed by atoms with E-state index in [2.05, 4.69) is 58.7 Å². The van der Waals surface area contributed by atoms with Crippen LogP contribution in [-0.2, 0) is 17.9 Å². The van der Waals surface area contributed by atoms with E-state index >= 15 is 0 Å². The van der Waals surface area contributed by atoms with E-state index in [0.717, 1.165) is 31.7 Å². The zero-order valence-corrected chi connectivity index (χ0v) is 20.7. The van der Waals surface area contributed by atoms with E-state index in [1.54, 1.807) is 12.1 Å². The summed E-state index contributed by atoms with van der Waals surface area (Å²) in [5, 5.41) is 21.5. The Labute approximate surface area is 219 Å². The van der Waals surface area contributed by atoms with Gasteiger partial charge in [-0.05, 0) is 60.6 Å². The normalized spacial score (nSPS) is 14.4. The Balaban J connectivity index is 0.000000505. The number of alkyl halides is 3. The number of nitrogens with one attached hydrogen (secondary N) is 1. The molecule has 38 heavy (non-hydrogen) atoms. The van der Waals surface area contributed by atoms with Crippen molar-refractivity contribution in [2.45, 2.75) is 32.1 Å². The third-order valence-corrected chi connectivity index (χ3v) is 6.30. The number of non-ortho nitro benzene ring substituents is 1. The number of likely N-dealkylation sites (tertiary alicyclic amines) is 1. The van der Waals surface area contributed by atoms with Gasteiger partial charge in [0.25, 0.3) is 5.69 Å². The van der Waals surface area contributed by atoms with Crippen molar-refractivity contribution in [3.63, 3.8) is 0 Å². The molecule has 1 aliphatic heterocycles. The highest BCUT2D eigenvalue weighted by atomic mass is 19.4. The fourth-order valence-corrected chi connectivity index (χ4v) is 4.24. The Hall–Kier alpha value is -3.76. The van der Waals surface area contributed by atoms with Crippen molar-refractivity contribution < 1.29 is 28.0 Å². The van der Waals surface area contributed by atoms with E-state index in [1.165, 1.54) is 35.6 Å². The fraction of sp³-hybridized carbons (Fsp3) is 0.321. The van der Waals surface area contributed by atoms with Crippen molar-refractivity contribution in [3.8, 4) is 11.1 Å². The number of rotatable bonds is 8. The van der Waals surface area contributed by atoms with E-state index < -0.39 is 12.1 Å². The summed E-state index contributed by atoms with van der Waals surface area (Å²) in [6.45, 7) is 4.87. The third-order valence-electron chi connectivity index (χ3n) is 6.30. The molecule has 0 saturated carbocycles. The average Bonchev–Trinajstić information content (AvgIpc) is 2.91. The van der Waals surface area contributed by atoms with Gasteiger partial charge in [-0.15, -0.1) is 0 Å². The van der Waals surface area contributed by atoms with Crippen LogP contribution in [0, 0.1) is 16.0 Å². The zero-order valence-electron chi connectivity index (χ0n) is 20.7. The van der Waals surface area contributed by atoms with Gasteiger partial charge in [-0.25, -0.2) is 4.79 Å². The summed E-state index contributed by atoms with van der Waals surface area (Å²) in [4.78, 5) is 22.0. The molecule has 0 bridgehead atoms. The predicted octanol–water partition coefficient (Wildman–Crippen LogP) is 5.90. The Kier molecular flexibility index (Phi) is 10.4. The molecule has 0 aromatic heterocycles. The van der Waals surface area contributed by atoms with Gasteiger partial charge in [0.1, 0.15) is 0 Å². The van der Waals surface area contributed by atoms with Crippen LogP contribution >= 0.6 is 0 Å². The molecule has 4 rings (SSSR count). The van der Waals surface area contributed by atoms with Crippen LogP contribution in [0.5, 0.6) is 0 Å². The maximum absolute atomic E-state index is 10.9. The third kappa shape index (κ3) is 9.28. The number of benzene rings is 3. The van der Waals surface area contributed by atoms with E-state index in [9.17, 15) is 23.3 Å². The van der Waals surface area contributed by atoms with Crippen LogP contribution in [0.15, 0.2) is 78.9 Å². The molecule has 7 nitrogen and oxygen atoms in total. The summed E-state index contributed by atoms with van der Waals surface area (Å²) < 4.78 is 31.7. The van der Waals surface area contributed by atoms with Crippen LogP contribution in [-0.4, -0.2) is 46.7 Å². The van der Waals surface area contributed by atoms with Gasteiger partial charge in [-0.3, -0.25) is 15.0 Å². The monoisotopic (exact) mass is 529 g/mol. The fourth-order valence-electron chi connectivity index (χ4n) is 4.24. The molecular formula is C28H30F3N3O4. The van der Waals surface area contributed by atoms with Crippen molar-refractivity contribution >= 4 is 11.7 Å². The molecule has 202 valence electrons. The number of aliphatic carboxylic acids is 1. The smallest absolute Gasteiger partial charge is 0.475 e. The minimum Gasteiger partial charge on any atom is -0.475 e. The summed E-state index contributed by atoms with van der Waals surface area (Å²) >= 11 is 0. The molecule has 0 spiro atoms. The maximum Gasteiger partial charge on any atom is 0.490 e. The molecule has 1 aliphatic rings. The van der Waals surface area contributed by atoms with Crippen molar-refractivity contribution in [1.29, 1.82) is 0 Å². The first-order valence-electron chi connectivity index (χ1n) is 12.2. The van der Waals surface area contributed by atoms with Gasteiger partial charge >= 0.3 is 12.1 Å². The summed E-state index contributed by atoms with van der Waals surface area (Å²) in [7, 11) is 0. The van der Waals surface area contributed by atoms with Gasteiger partial charge in [0.15, 0.2) is 0 Å². The van der Waals surface area contributed by atoms with E-state index in [4.69, 9.17) is 9.90 Å².